The summed E-state index contributed by atoms with van der Waals surface area (Å²) in [6.07, 6.45) is 0. The molecule has 0 saturated heterocycles. The van der Waals surface area contributed by atoms with E-state index < -0.39 is 0 Å². The first-order chi connectivity index (χ1) is 11.8. The van der Waals surface area contributed by atoms with Crippen LogP contribution in [0.4, 0.5) is 0 Å². The van der Waals surface area contributed by atoms with Crippen LogP contribution in [0.25, 0.3) is 0 Å². The van der Waals surface area contributed by atoms with Gasteiger partial charge in [0.15, 0.2) is 11.5 Å². The van der Waals surface area contributed by atoms with Crippen molar-refractivity contribution >= 4 is 36.2 Å². The van der Waals surface area contributed by atoms with E-state index in [2.05, 4.69) is 22.8 Å². The number of aliphatic hydroxyl groups excluding tert-OH is 1. The van der Waals surface area contributed by atoms with Crippen molar-refractivity contribution in [2.24, 2.45) is 0 Å². The number of nitrogens with one attached hydrogen (secondary N) is 2. The van der Waals surface area contributed by atoms with Gasteiger partial charge in [0.1, 0.15) is 6.61 Å². The summed E-state index contributed by atoms with van der Waals surface area (Å²) >= 11 is 1.69. The molecule has 0 saturated carbocycles. The molecule has 0 aliphatic carbocycles. The molecule has 0 radical (unpaired) electrons. The van der Waals surface area contributed by atoms with Gasteiger partial charge >= 0.3 is 0 Å². The lowest BCUT2D eigenvalue weighted by molar-refractivity contribution is 0.271. The molecule has 5 nitrogen and oxygen atoms in total. The highest BCUT2D eigenvalue weighted by molar-refractivity contribution is 7.09. The Labute approximate surface area is 171 Å². The third-order valence-electron chi connectivity index (χ3n) is 3.35. The molecule has 148 valence electrons. The molecule has 0 atom stereocenters. The molecule has 3 N–H and O–H groups in total. The largest absolute Gasteiger partial charge is 0.490 e. The summed E-state index contributed by atoms with van der Waals surface area (Å²) in [7, 11) is 0. The maximum Gasteiger partial charge on any atom is 0.161 e. The maximum absolute atomic E-state index is 8.70. The van der Waals surface area contributed by atoms with E-state index in [1.807, 2.05) is 30.5 Å². The van der Waals surface area contributed by atoms with Crippen LogP contribution in [-0.4, -0.2) is 38.0 Å². The molecule has 0 unspecified atom stereocenters. The molecule has 2 rings (SSSR count). The molecule has 8 heteroatoms. The lowest BCUT2D eigenvalue weighted by Gasteiger charge is -2.13. The first-order valence-corrected chi connectivity index (χ1v) is 9.14. The molecule has 1 aromatic heterocycles. The summed E-state index contributed by atoms with van der Waals surface area (Å²) < 4.78 is 11.6. The Morgan fingerprint density at radius 3 is 2.50 bits per heavy atom. The number of ether oxygens (including phenoxy) is 2. The Morgan fingerprint density at radius 1 is 1.00 bits per heavy atom. The number of thiophene rings is 1. The van der Waals surface area contributed by atoms with E-state index in [9.17, 15) is 0 Å². The number of aliphatic hydroxyl groups is 1. The number of halogens is 2. The predicted octanol–water partition coefficient (Wildman–Crippen LogP) is 3.24. The van der Waals surface area contributed by atoms with Gasteiger partial charge in [-0.2, -0.15) is 0 Å². The average Bonchev–Trinajstić information content (AvgIpc) is 3.11. The quantitative estimate of drug-likeness (QED) is 0.458. The van der Waals surface area contributed by atoms with Crippen LogP contribution in [0, 0.1) is 0 Å². The van der Waals surface area contributed by atoms with Crippen LogP contribution in [0.5, 0.6) is 11.5 Å². The van der Waals surface area contributed by atoms with Gasteiger partial charge in [0.25, 0.3) is 0 Å². The Balaban J connectivity index is 0.00000312. The number of hydrogen-bond donors (Lipinski definition) is 3. The van der Waals surface area contributed by atoms with Crippen LogP contribution in [0.3, 0.4) is 0 Å². The van der Waals surface area contributed by atoms with Crippen molar-refractivity contribution in [1.29, 1.82) is 0 Å². The van der Waals surface area contributed by atoms with Gasteiger partial charge in [0.05, 0.1) is 13.2 Å². The minimum Gasteiger partial charge on any atom is -0.490 e. The topological polar surface area (TPSA) is 62.8 Å². The number of benzene rings is 1. The normalized spacial score (nSPS) is 9.92. The van der Waals surface area contributed by atoms with Gasteiger partial charge in [-0.3, -0.25) is 0 Å². The fourth-order valence-electron chi connectivity index (χ4n) is 2.21. The van der Waals surface area contributed by atoms with E-state index in [1.165, 1.54) is 4.88 Å². The second-order valence-corrected chi connectivity index (χ2v) is 6.26. The lowest BCUT2D eigenvalue weighted by atomic mass is 10.2. The zero-order valence-electron chi connectivity index (χ0n) is 14.9. The van der Waals surface area contributed by atoms with Crippen molar-refractivity contribution in [2.45, 2.75) is 20.1 Å². The zero-order chi connectivity index (χ0) is 17.0. The molecule has 2 aromatic rings. The van der Waals surface area contributed by atoms with Crippen LogP contribution in [0.15, 0.2) is 35.7 Å². The number of rotatable bonds is 12. The first-order valence-electron chi connectivity index (χ1n) is 8.26. The highest BCUT2D eigenvalue weighted by atomic mass is 35.5. The molecule has 0 spiro atoms. The fraction of sp³-hybridized carbons (Fsp3) is 0.444. The molecule has 0 amide bonds. The van der Waals surface area contributed by atoms with Crippen LogP contribution in [0.1, 0.15) is 17.4 Å². The molecule has 26 heavy (non-hydrogen) atoms. The zero-order valence-corrected chi connectivity index (χ0v) is 17.4. The van der Waals surface area contributed by atoms with Gasteiger partial charge in [-0.15, -0.1) is 36.2 Å². The van der Waals surface area contributed by atoms with E-state index in [4.69, 9.17) is 14.6 Å². The molecule has 0 aliphatic rings. The summed E-state index contributed by atoms with van der Waals surface area (Å²) in [6.45, 7) is 6.40. The summed E-state index contributed by atoms with van der Waals surface area (Å²) in [5, 5.41) is 17.3. The van der Waals surface area contributed by atoms with Gasteiger partial charge in [0.2, 0.25) is 0 Å². The standard InChI is InChI=1S/C18H26N2O3S.2ClH/c1-2-22-18-12-15(13-20-8-7-19-9-10-21)5-6-17(18)23-14-16-4-3-11-24-16;;/h3-6,11-12,19-21H,2,7-10,13-14H2,1H3;2*1H. The average molecular weight is 423 g/mol. The second-order valence-electron chi connectivity index (χ2n) is 5.23. The van der Waals surface area contributed by atoms with Crippen molar-refractivity contribution in [3.05, 3.63) is 46.2 Å². The molecule has 0 aliphatic heterocycles. The highest BCUT2D eigenvalue weighted by Crippen LogP contribution is 2.29. The Hall–Kier alpha value is -1.02. The van der Waals surface area contributed by atoms with Gasteiger partial charge in [0, 0.05) is 31.1 Å². The third kappa shape index (κ3) is 9.07. The summed E-state index contributed by atoms with van der Waals surface area (Å²) in [5.41, 5.74) is 1.16. The van der Waals surface area contributed by atoms with Gasteiger partial charge < -0.3 is 25.2 Å². The smallest absolute Gasteiger partial charge is 0.161 e. The molecular formula is C18H28Cl2N2O3S. The Bertz CT molecular complexity index is 586. The van der Waals surface area contributed by atoms with E-state index in [-0.39, 0.29) is 31.4 Å². The molecule has 1 aromatic carbocycles. The van der Waals surface area contributed by atoms with E-state index in [0.29, 0.717) is 19.8 Å². The third-order valence-corrected chi connectivity index (χ3v) is 4.20. The van der Waals surface area contributed by atoms with Crippen molar-refractivity contribution in [1.82, 2.24) is 10.6 Å². The minimum atomic E-state index is 0. The van der Waals surface area contributed by atoms with Crippen LogP contribution >= 0.6 is 36.2 Å². The van der Waals surface area contributed by atoms with Crippen molar-refractivity contribution in [2.75, 3.05) is 32.8 Å². The summed E-state index contributed by atoms with van der Waals surface area (Å²) in [5.74, 6) is 1.56. The highest BCUT2D eigenvalue weighted by Gasteiger charge is 2.07. The summed E-state index contributed by atoms with van der Waals surface area (Å²) in [4.78, 5) is 1.19. The van der Waals surface area contributed by atoms with E-state index in [0.717, 1.165) is 36.7 Å². The SMILES string of the molecule is CCOc1cc(CNCCNCCO)ccc1OCc1cccs1.Cl.Cl. The van der Waals surface area contributed by atoms with Gasteiger partial charge in [-0.25, -0.2) is 0 Å². The molecular weight excluding hydrogens is 395 g/mol. The number of hydrogen-bond acceptors (Lipinski definition) is 6. The monoisotopic (exact) mass is 422 g/mol. The first kappa shape index (κ1) is 25.0. The molecule has 0 bridgehead atoms. The van der Waals surface area contributed by atoms with Crippen LogP contribution < -0.4 is 20.1 Å². The Kier molecular flexibility index (Phi) is 14.5. The van der Waals surface area contributed by atoms with E-state index in [1.54, 1.807) is 11.3 Å². The lowest BCUT2D eigenvalue weighted by Crippen LogP contribution is -2.28. The van der Waals surface area contributed by atoms with Crippen molar-refractivity contribution < 1.29 is 14.6 Å². The van der Waals surface area contributed by atoms with Crippen LogP contribution in [0.2, 0.25) is 0 Å². The molecule has 1 heterocycles. The fourth-order valence-corrected chi connectivity index (χ4v) is 2.82. The van der Waals surface area contributed by atoms with Crippen LogP contribution in [-0.2, 0) is 13.2 Å². The van der Waals surface area contributed by atoms with Crippen molar-refractivity contribution in [3.8, 4) is 11.5 Å². The van der Waals surface area contributed by atoms with E-state index >= 15 is 0 Å². The molecule has 0 fully saturated rings. The van der Waals surface area contributed by atoms with Gasteiger partial charge in [-0.05, 0) is 36.1 Å². The summed E-state index contributed by atoms with van der Waals surface area (Å²) in [6, 6.07) is 10.1. The predicted molar refractivity (Wildman–Crippen MR) is 112 cm³/mol. The Morgan fingerprint density at radius 2 is 1.81 bits per heavy atom. The van der Waals surface area contributed by atoms with Gasteiger partial charge in [-0.1, -0.05) is 12.1 Å². The van der Waals surface area contributed by atoms with Crippen molar-refractivity contribution in [3.63, 3.8) is 0 Å². The maximum atomic E-state index is 8.70. The second kappa shape index (κ2) is 15.1. The minimum absolute atomic E-state index is 0.